The van der Waals surface area contributed by atoms with E-state index in [0.29, 0.717) is 22.0 Å². The molecule has 0 radical (unpaired) electrons. The van der Waals surface area contributed by atoms with Crippen molar-refractivity contribution < 1.29 is 13.2 Å². The molecule has 35 heavy (non-hydrogen) atoms. The average molecular weight is 523 g/mol. The zero-order valence-corrected chi connectivity index (χ0v) is 21.3. The Morgan fingerprint density at radius 1 is 0.857 bits per heavy atom. The Hall–Kier alpha value is -3.26. The number of nitrogens with one attached hydrogen (secondary N) is 1. The standard InChI is InChI=1S/C27H23ClN2O3S2/c1-20-23(28)15-10-17-25(20)30(35(32,33)22-13-6-3-7-14-22)19-27(31)29-24-16-8-9-18-26(24)34-21-11-4-2-5-12-21/h2-18H,19H2,1H3,(H,29,31). The van der Waals surface area contributed by atoms with E-state index < -0.39 is 22.5 Å². The van der Waals surface area contributed by atoms with E-state index in [4.69, 9.17) is 11.6 Å². The van der Waals surface area contributed by atoms with Crippen LogP contribution in [-0.4, -0.2) is 20.9 Å². The first kappa shape index (κ1) is 24.9. The van der Waals surface area contributed by atoms with Crippen molar-refractivity contribution in [3.05, 3.63) is 114 Å². The summed E-state index contributed by atoms with van der Waals surface area (Å²) in [6.07, 6.45) is 0. The topological polar surface area (TPSA) is 66.5 Å². The molecule has 0 aliphatic heterocycles. The lowest BCUT2D eigenvalue weighted by Gasteiger charge is -2.26. The van der Waals surface area contributed by atoms with E-state index in [1.807, 2.05) is 48.5 Å². The van der Waals surface area contributed by atoms with Gasteiger partial charge in [0.05, 0.1) is 16.3 Å². The number of para-hydroxylation sites is 1. The minimum Gasteiger partial charge on any atom is -0.323 e. The predicted octanol–water partition coefficient (Wildman–Crippen LogP) is 6.63. The monoisotopic (exact) mass is 522 g/mol. The van der Waals surface area contributed by atoms with Gasteiger partial charge in [0.15, 0.2) is 0 Å². The van der Waals surface area contributed by atoms with Crippen molar-refractivity contribution in [2.45, 2.75) is 21.6 Å². The second-order valence-corrected chi connectivity index (χ2v) is 11.1. The maximum atomic E-state index is 13.6. The van der Waals surface area contributed by atoms with Crippen LogP contribution in [0.3, 0.4) is 0 Å². The van der Waals surface area contributed by atoms with E-state index >= 15 is 0 Å². The first-order valence-electron chi connectivity index (χ1n) is 10.8. The third kappa shape index (κ3) is 5.88. The van der Waals surface area contributed by atoms with Gasteiger partial charge in [-0.1, -0.05) is 78.0 Å². The molecule has 178 valence electrons. The van der Waals surface area contributed by atoms with Crippen molar-refractivity contribution >= 4 is 50.7 Å². The van der Waals surface area contributed by atoms with Crippen molar-refractivity contribution in [1.29, 1.82) is 0 Å². The van der Waals surface area contributed by atoms with Gasteiger partial charge in [-0.2, -0.15) is 0 Å². The van der Waals surface area contributed by atoms with E-state index in [0.717, 1.165) is 14.1 Å². The number of carbonyl (C=O) groups is 1. The molecule has 0 aliphatic carbocycles. The van der Waals surface area contributed by atoms with Crippen LogP contribution >= 0.6 is 23.4 Å². The van der Waals surface area contributed by atoms with Crippen molar-refractivity contribution in [3.8, 4) is 0 Å². The van der Waals surface area contributed by atoms with Crippen LogP contribution in [0.5, 0.6) is 0 Å². The summed E-state index contributed by atoms with van der Waals surface area (Å²) in [5.41, 5.74) is 1.52. The number of anilines is 2. The quantitative estimate of drug-likeness (QED) is 0.282. The lowest BCUT2D eigenvalue weighted by Crippen LogP contribution is -2.38. The summed E-state index contributed by atoms with van der Waals surface area (Å²) in [5, 5.41) is 3.31. The molecule has 8 heteroatoms. The van der Waals surface area contributed by atoms with Gasteiger partial charge in [-0.15, -0.1) is 0 Å². The first-order valence-corrected chi connectivity index (χ1v) is 13.4. The maximum Gasteiger partial charge on any atom is 0.264 e. The zero-order chi connectivity index (χ0) is 24.8. The zero-order valence-electron chi connectivity index (χ0n) is 18.9. The maximum absolute atomic E-state index is 13.6. The van der Waals surface area contributed by atoms with Gasteiger partial charge in [-0.3, -0.25) is 9.10 Å². The molecule has 0 saturated heterocycles. The highest BCUT2D eigenvalue weighted by Gasteiger charge is 2.29. The Bertz CT molecular complexity index is 1430. The summed E-state index contributed by atoms with van der Waals surface area (Å²) in [4.78, 5) is 15.2. The fraction of sp³-hybridized carbons (Fsp3) is 0.0741. The van der Waals surface area contributed by atoms with Crippen molar-refractivity contribution in [1.82, 2.24) is 0 Å². The molecule has 0 saturated carbocycles. The Morgan fingerprint density at radius 3 is 2.20 bits per heavy atom. The summed E-state index contributed by atoms with van der Waals surface area (Å²) in [7, 11) is -4.03. The molecule has 0 unspecified atom stereocenters. The van der Waals surface area contributed by atoms with Gasteiger partial charge in [0.25, 0.3) is 10.0 Å². The van der Waals surface area contributed by atoms with Gasteiger partial charge < -0.3 is 5.32 Å². The second kappa shape index (κ2) is 11.0. The minimum absolute atomic E-state index is 0.0900. The van der Waals surface area contributed by atoms with Crippen LogP contribution < -0.4 is 9.62 Å². The van der Waals surface area contributed by atoms with E-state index in [1.165, 1.54) is 23.9 Å². The summed E-state index contributed by atoms with van der Waals surface area (Å²) in [6, 6.07) is 30.3. The van der Waals surface area contributed by atoms with Crippen LogP contribution in [0.2, 0.25) is 5.02 Å². The van der Waals surface area contributed by atoms with Crippen LogP contribution in [0.1, 0.15) is 5.56 Å². The van der Waals surface area contributed by atoms with Gasteiger partial charge in [0, 0.05) is 14.8 Å². The van der Waals surface area contributed by atoms with Gasteiger partial charge in [-0.05, 0) is 61.0 Å². The molecule has 0 heterocycles. The number of sulfonamides is 1. The number of carbonyl (C=O) groups excluding carboxylic acids is 1. The number of rotatable bonds is 8. The Kier molecular flexibility index (Phi) is 7.80. The Labute approximate surface area is 214 Å². The van der Waals surface area contributed by atoms with E-state index in [1.54, 1.807) is 49.4 Å². The SMILES string of the molecule is Cc1c(Cl)cccc1N(CC(=O)Nc1ccccc1Sc1ccccc1)S(=O)(=O)c1ccccc1. The highest BCUT2D eigenvalue weighted by Crippen LogP contribution is 2.34. The van der Waals surface area contributed by atoms with Crippen molar-refractivity contribution in [3.63, 3.8) is 0 Å². The lowest BCUT2D eigenvalue weighted by atomic mass is 10.2. The molecule has 0 spiro atoms. The fourth-order valence-corrected chi connectivity index (χ4v) is 6.07. The molecule has 5 nitrogen and oxygen atoms in total. The number of amides is 1. The number of benzene rings is 4. The summed E-state index contributed by atoms with van der Waals surface area (Å²) < 4.78 is 28.3. The molecule has 0 bridgehead atoms. The van der Waals surface area contributed by atoms with Crippen LogP contribution in [-0.2, 0) is 14.8 Å². The third-order valence-electron chi connectivity index (χ3n) is 5.26. The van der Waals surface area contributed by atoms with Gasteiger partial charge >= 0.3 is 0 Å². The molecule has 4 aromatic carbocycles. The van der Waals surface area contributed by atoms with Crippen LogP contribution in [0.4, 0.5) is 11.4 Å². The number of halogens is 1. The third-order valence-corrected chi connectivity index (χ3v) is 8.53. The van der Waals surface area contributed by atoms with Crippen molar-refractivity contribution in [2.24, 2.45) is 0 Å². The van der Waals surface area contributed by atoms with Gasteiger partial charge in [0.2, 0.25) is 5.91 Å². The van der Waals surface area contributed by atoms with Crippen LogP contribution in [0.25, 0.3) is 0 Å². The number of nitrogens with zero attached hydrogens (tertiary/aromatic N) is 1. The molecule has 4 rings (SSSR count). The summed E-state index contributed by atoms with van der Waals surface area (Å²) >= 11 is 7.81. The highest BCUT2D eigenvalue weighted by molar-refractivity contribution is 7.99. The van der Waals surface area contributed by atoms with Crippen molar-refractivity contribution in [2.75, 3.05) is 16.2 Å². The summed E-state index contributed by atoms with van der Waals surface area (Å²) in [5.74, 6) is -0.468. The molecular weight excluding hydrogens is 500 g/mol. The Morgan fingerprint density at radius 2 is 1.49 bits per heavy atom. The predicted molar refractivity (Wildman–Crippen MR) is 143 cm³/mol. The molecule has 0 atom stereocenters. The molecular formula is C27H23ClN2O3S2. The Balaban J connectivity index is 1.65. The van der Waals surface area contributed by atoms with E-state index in [-0.39, 0.29) is 4.90 Å². The molecule has 0 fully saturated rings. The molecule has 0 aromatic heterocycles. The summed E-state index contributed by atoms with van der Waals surface area (Å²) in [6.45, 7) is 1.32. The largest absolute Gasteiger partial charge is 0.323 e. The minimum atomic E-state index is -4.03. The van der Waals surface area contributed by atoms with E-state index in [9.17, 15) is 13.2 Å². The number of hydrogen-bond donors (Lipinski definition) is 1. The first-order chi connectivity index (χ1) is 16.9. The molecule has 0 aliphatic rings. The smallest absolute Gasteiger partial charge is 0.264 e. The van der Waals surface area contributed by atoms with Gasteiger partial charge in [-0.25, -0.2) is 8.42 Å². The normalized spacial score (nSPS) is 11.1. The lowest BCUT2D eigenvalue weighted by molar-refractivity contribution is -0.114. The van der Waals surface area contributed by atoms with Crippen LogP contribution in [0, 0.1) is 6.92 Å². The van der Waals surface area contributed by atoms with Gasteiger partial charge in [0.1, 0.15) is 6.54 Å². The van der Waals surface area contributed by atoms with Crippen LogP contribution in [0.15, 0.2) is 118 Å². The molecule has 1 amide bonds. The second-order valence-electron chi connectivity index (χ2n) is 7.67. The average Bonchev–Trinajstić information content (AvgIpc) is 2.87. The van der Waals surface area contributed by atoms with E-state index in [2.05, 4.69) is 5.32 Å². The number of hydrogen-bond acceptors (Lipinski definition) is 4. The fourth-order valence-electron chi connectivity index (χ4n) is 3.48. The molecule has 4 aromatic rings. The molecule has 1 N–H and O–H groups in total. The highest BCUT2D eigenvalue weighted by atomic mass is 35.5.